The molecule has 3 atom stereocenters. The molecule has 0 spiro atoms. The number of carbonyl (C=O) groups is 1. The summed E-state index contributed by atoms with van der Waals surface area (Å²) < 4.78 is 26.9. The van der Waals surface area contributed by atoms with E-state index >= 15 is 0 Å². The van der Waals surface area contributed by atoms with Crippen LogP contribution in [0.5, 0.6) is 0 Å². The Balaban J connectivity index is 2.07. The van der Waals surface area contributed by atoms with Gasteiger partial charge in [0.1, 0.15) is 0 Å². The smallest absolute Gasteiger partial charge is 0.308 e. The van der Waals surface area contributed by atoms with Crippen LogP contribution in [0.15, 0.2) is 23.1 Å². The molecule has 23 heavy (non-hydrogen) atoms. The van der Waals surface area contributed by atoms with Crippen molar-refractivity contribution in [3.63, 3.8) is 0 Å². The molecule has 8 nitrogen and oxygen atoms in total. The Morgan fingerprint density at radius 1 is 1.39 bits per heavy atom. The number of rotatable bonds is 4. The number of sulfonamides is 1. The quantitative estimate of drug-likeness (QED) is 0.646. The molecular weight excluding hydrogens is 348 g/mol. The Morgan fingerprint density at radius 3 is 2.65 bits per heavy atom. The molecule has 10 heteroatoms. The monoisotopic (exact) mass is 360 g/mol. The number of benzene rings is 1. The molecule has 0 radical (unpaired) electrons. The van der Waals surface area contributed by atoms with E-state index in [2.05, 4.69) is 0 Å². The van der Waals surface area contributed by atoms with Crippen molar-refractivity contribution in [1.29, 1.82) is 0 Å². The van der Waals surface area contributed by atoms with Gasteiger partial charge in [-0.05, 0) is 31.4 Å². The van der Waals surface area contributed by atoms with Crippen LogP contribution in [-0.2, 0) is 14.8 Å². The van der Waals surface area contributed by atoms with Crippen molar-refractivity contribution in [1.82, 2.24) is 4.31 Å². The molecule has 1 N–H and O–H groups in total. The van der Waals surface area contributed by atoms with Gasteiger partial charge in [-0.25, -0.2) is 8.42 Å². The first-order chi connectivity index (χ1) is 10.7. The number of nitro benzene ring substituents is 1. The molecule has 2 bridgehead atoms. The summed E-state index contributed by atoms with van der Waals surface area (Å²) in [7, 11) is -4.16. The summed E-state index contributed by atoms with van der Waals surface area (Å²) in [5.74, 6) is -1.81. The van der Waals surface area contributed by atoms with Gasteiger partial charge < -0.3 is 5.11 Å². The van der Waals surface area contributed by atoms with Crippen LogP contribution >= 0.6 is 11.6 Å². The molecular formula is C13H13ClN2O6S. The van der Waals surface area contributed by atoms with Crippen LogP contribution in [0.4, 0.5) is 5.69 Å². The predicted molar refractivity (Wildman–Crippen MR) is 79.7 cm³/mol. The van der Waals surface area contributed by atoms with Gasteiger partial charge in [-0.3, -0.25) is 14.9 Å². The number of carboxylic acids is 1. The molecule has 3 rings (SSSR count). The number of halogens is 1. The maximum atomic E-state index is 12.9. The van der Waals surface area contributed by atoms with Crippen molar-refractivity contribution in [3.8, 4) is 0 Å². The Bertz CT molecular complexity index is 796. The fourth-order valence-corrected chi connectivity index (χ4v) is 5.77. The summed E-state index contributed by atoms with van der Waals surface area (Å²) >= 11 is 5.71. The first-order valence-corrected chi connectivity index (χ1v) is 8.75. The minimum Gasteiger partial charge on any atom is -0.481 e. The molecule has 3 unspecified atom stereocenters. The van der Waals surface area contributed by atoms with E-state index in [1.165, 1.54) is 6.07 Å². The van der Waals surface area contributed by atoms with Crippen LogP contribution in [0, 0.1) is 16.0 Å². The predicted octanol–water partition coefficient (Wildman–Crippen LogP) is 1.87. The normalized spacial score (nSPS) is 27.3. The van der Waals surface area contributed by atoms with Crippen LogP contribution < -0.4 is 0 Å². The standard InChI is InChI=1S/C13H13ClN2O6S/c14-7-1-4-12(11(5-7)16(19)20)23(21,22)15-8-2-3-10(15)9(6-8)13(17)18/h1,4-5,8-10H,2-3,6H2,(H,17,18). The Labute approximate surface area is 136 Å². The van der Waals surface area contributed by atoms with E-state index in [0.717, 1.165) is 16.4 Å². The highest BCUT2D eigenvalue weighted by molar-refractivity contribution is 7.89. The summed E-state index contributed by atoms with van der Waals surface area (Å²) in [5, 5.41) is 20.4. The highest BCUT2D eigenvalue weighted by Crippen LogP contribution is 2.46. The van der Waals surface area contributed by atoms with Gasteiger partial charge in [-0.1, -0.05) is 11.6 Å². The van der Waals surface area contributed by atoms with Gasteiger partial charge in [-0.15, -0.1) is 0 Å². The second-order valence-electron chi connectivity index (χ2n) is 5.68. The topological polar surface area (TPSA) is 118 Å². The number of hydrogen-bond acceptors (Lipinski definition) is 5. The molecule has 2 aliphatic heterocycles. The fraction of sp³-hybridized carbons (Fsp3) is 0.462. The molecule has 0 saturated carbocycles. The lowest BCUT2D eigenvalue weighted by atomic mass is 9.89. The molecule has 2 aliphatic rings. The zero-order valence-corrected chi connectivity index (χ0v) is 13.3. The number of hydrogen-bond donors (Lipinski definition) is 1. The first kappa shape index (κ1) is 16.2. The molecule has 1 aromatic carbocycles. The van der Waals surface area contributed by atoms with E-state index in [1.807, 2.05) is 0 Å². The van der Waals surface area contributed by atoms with Gasteiger partial charge >= 0.3 is 5.97 Å². The fourth-order valence-electron chi connectivity index (χ4n) is 3.54. The summed E-state index contributed by atoms with van der Waals surface area (Å²) in [6.45, 7) is 0. The highest BCUT2D eigenvalue weighted by Gasteiger charge is 2.55. The lowest BCUT2D eigenvalue weighted by molar-refractivity contribution is -0.387. The molecule has 0 aliphatic carbocycles. The van der Waals surface area contributed by atoms with E-state index in [4.69, 9.17) is 11.6 Å². The molecule has 124 valence electrons. The van der Waals surface area contributed by atoms with Crippen LogP contribution in [0.1, 0.15) is 19.3 Å². The summed E-state index contributed by atoms with van der Waals surface area (Å²) in [6, 6.07) is 2.28. The van der Waals surface area contributed by atoms with Gasteiger partial charge in [0.05, 0.1) is 10.8 Å². The zero-order valence-electron chi connectivity index (χ0n) is 11.8. The maximum absolute atomic E-state index is 12.9. The van der Waals surface area contributed by atoms with Crippen molar-refractivity contribution in [2.24, 2.45) is 5.92 Å². The van der Waals surface area contributed by atoms with Crippen molar-refractivity contribution >= 4 is 33.3 Å². The zero-order chi connectivity index (χ0) is 16.9. The third kappa shape index (κ3) is 2.48. The second-order valence-corrected chi connectivity index (χ2v) is 7.93. The van der Waals surface area contributed by atoms with Crippen LogP contribution in [0.3, 0.4) is 0 Å². The van der Waals surface area contributed by atoms with E-state index in [1.54, 1.807) is 0 Å². The number of aliphatic carboxylic acids is 1. The average Bonchev–Trinajstić information content (AvgIpc) is 3.05. The van der Waals surface area contributed by atoms with Crippen molar-refractivity contribution < 1.29 is 23.2 Å². The lowest BCUT2D eigenvalue weighted by Crippen LogP contribution is -2.38. The molecule has 2 fully saturated rings. The highest BCUT2D eigenvalue weighted by atomic mass is 35.5. The summed E-state index contributed by atoms with van der Waals surface area (Å²) in [4.78, 5) is 21.2. The minimum atomic E-state index is -4.16. The largest absolute Gasteiger partial charge is 0.481 e. The van der Waals surface area contributed by atoms with E-state index in [0.29, 0.717) is 12.8 Å². The molecule has 1 aromatic rings. The Morgan fingerprint density at radius 2 is 2.09 bits per heavy atom. The van der Waals surface area contributed by atoms with E-state index in [-0.39, 0.29) is 11.4 Å². The minimum absolute atomic E-state index is 0.0588. The second kappa shape index (κ2) is 5.43. The summed E-state index contributed by atoms with van der Waals surface area (Å²) in [6.07, 6.45) is 1.25. The Kier molecular flexibility index (Phi) is 3.81. The number of nitro groups is 1. The molecule has 2 saturated heterocycles. The van der Waals surface area contributed by atoms with Gasteiger partial charge in [0.15, 0.2) is 4.90 Å². The van der Waals surface area contributed by atoms with Crippen molar-refractivity contribution in [2.75, 3.05) is 0 Å². The van der Waals surface area contributed by atoms with Gasteiger partial charge in [0.2, 0.25) is 10.0 Å². The van der Waals surface area contributed by atoms with E-state index < -0.39 is 49.5 Å². The van der Waals surface area contributed by atoms with Crippen molar-refractivity contribution in [2.45, 2.75) is 36.2 Å². The average molecular weight is 361 g/mol. The first-order valence-electron chi connectivity index (χ1n) is 6.93. The maximum Gasteiger partial charge on any atom is 0.308 e. The lowest BCUT2D eigenvalue weighted by Gasteiger charge is -2.22. The van der Waals surface area contributed by atoms with Gasteiger partial charge in [0, 0.05) is 23.2 Å². The SMILES string of the molecule is O=C(O)C1CC2CCC1N2S(=O)(=O)c1ccc(Cl)cc1[N+](=O)[O-]. The third-order valence-electron chi connectivity index (χ3n) is 4.46. The molecule has 0 aromatic heterocycles. The summed E-state index contributed by atoms with van der Waals surface area (Å²) in [5.41, 5.74) is -0.601. The number of fused-ring (bicyclic) bond motifs is 2. The Hall–Kier alpha value is -1.71. The van der Waals surface area contributed by atoms with E-state index in [9.17, 15) is 28.4 Å². The third-order valence-corrected chi connectivity index (χ3v) is 6.72. The van der Waals surface area contributed by atoms with Gasteiger partial charge in [0.25, 0.3) is 5.69 Å². The van der Waals surface area contributed by atoms with Crippen LogP contribution in [0.2, 0.25) is 5.02 Å². The molecule has 2 heterocycles. The number of carboxylic acid groups (broad SMARTS) is 1. The van der Waals surface area contributed by atoms with Crippen molar-refractivity contribution in [3.05, 3.63) is 33.3 Å². The van der Waals surface area contributed by atoms with Gasteiger partial charge in [-0.2, -0.15) is 4.31 Å². The van der Waals surface area contributed by atoms with Crippen LogP contribution in [-0.4, -0.2) is 40.8 Å². The number of nitrogens with zero attached hydrogens (tertiary/aromatic N) is 2. The van der Waals surface area contributed by atoms with Crippen LogP contribution in [0.25, 0.3) is 0 Å². The molecule has 0 amide bonds.